The van der Waals surface area contributed by atoms with Gasteiger partial charge in [-0.2, -0.15) is 0 Å². The van der Waals surface area contributed by atoms with Gasteiger partial charge in [-0.3, -0.25) is 0 Å². The molecule has 9 aromatic rings. The van der Waals surface area contributed by atoms with Crippen LogP contribution in [-0.2, 0) is 0 Å². The molecular formula is C41H28N4O3. The second-order valence-electron chi connectivity index (χ2n) is 11.9. The predicted molar refractivity (Wildman–Crippen MR) is 190 cm³/mol. The highest BCUT2D eigenvalue weighted by atomic mass is 16.4. The van der Waals surface area contributed by atoms with E-state index in [9.17, 15) is 0 Å². The third-order valence-electron chi connectivity index (χ3n) is 8.50. The van der Waals surface area contributed by atoms with Gasteiger partial charge in [0, 0.05) is 33.8 Å². The molecule has 48 heavy (non-hydrogen) atoms. The largest absolute Gasteiger partial charge is 0.436 e. The number of para-hydroxylation sites is 2. The number of oxazole rings is 3. The SMILES string of the molecule is Cc1ccc2nc(-c3ccc(N(c4ccc(-c5nc6ccccc6o5)cc4)c4ccc(-c5nc6ccc(C)cc6o5)cc4)cc3)oc2c1. The molecule has 3 heterocycles. The molecule has 0 amide bonds. The van der Waals surface area contributed by atoms with Gasteiger partial charge in [0.25, 0.3) is 0 Å². The molecule has 0 atom stereocenters. The van der Waals surface area contributed by atoms with Crippen LogP contribution in [0.15, 0.2) is 147 Å². The Morgan fingerprint density at radius 1 is 0.396 bits per heavy atom. The van der Waals surface area contributed by atoms with Crippen molar-refractivity contribution in [2.45, 2.75) is 13.8 Å². The molecule has 0 bridgehead atoms. The van der Waals surface area contributed by atoms with Gasteiger partial charge in [-0.25, -0.2) is 15.0 Å². The monoisotopic (exact) mass is 624 g/mol. The minimum absolute atomic E-state index is 0.588. The lowest BCUT2D eigenvalue weighted by atomic mass is 10.1. The van der Waals surface area contributed by atoms with E-state index in [1.165, 1.54) is 0 Å². The first-order valence-electron chi connectivity index (χ1n) is 15.8. The summed E-state index contributed by atoms with van der Waals surface area (Å²) in [4.78, 5) is 16.3. The molecule has 0 saturated heterocycles. The van der Waals surface area contributed by atoms with Crippen LogP contribution < -0.4 is 4.90 Å². The topological polar surface area (TPSA) is 81.3 Å². The third kappa shape index (κ3) is 4.98. The van der Waals surface area contributed by atoms with Gasteiger partial charge in [0.1, 0.15) is 16.6 Å². The van der Waals surface area contributed by atoms with E-state index in [1.807, 2.05) is 111 Å². The number of hydrogen-bond acceptors (Lipinski definition) is 7. The van der Waals surface area contributed by atoms with Crippen molar-refractivity contribution in [1.29, 1.82) is 0 Å². The van der Waals surface area contributed by atoms with Crippen LogP contribution in [0.1, 0.15) is 11.1 Å². The third-order valence-corrected chi connectivity index (χ3v) is 8.50. The standard InChI is InChI=1S/C41H28N4O3/c1-25-7-21-34-37(23-25)47-40(43-34)28-11-17-31(18-12-28)45(30-15-9-27(10-16-30)39-42-33-5-3-4-6-36(33)46-39)32-19-13-29(14-20-32)41-44-35-22-8-26(2)24-38(35)48-41/h3-24H,1-2H3. The summed E-state index contributed by atoms with van der Waals surface area (Å²) in [5.74, 6) is 1.77. The summed E-state index contributed by atoms with van der Waals surface area (Å²) >= 11 is 0. The van der Waals surface area contributed by atoms with E-state index in [4.69, 9.17) is 23.2 Å². The van der Waals surface area contributed by atoms with Crippen molar-refractivity contribution in [3.63, 3.8) is 0 Å². The Morgan fingerprint density at radius 3 is 1.19 bits per heavy atom. The average molecular weight is 625 g/mol. The minimum atomic E-state index is 0.588. The van der Waals surface area contributed by atoms with Gasteiger partial charge in [-0.05, 0) is 134 Å². The second kappa shape index (κ2) is 11.1. The normalized spacial score (nSPS) is 11.5. The maximum atomic E-state index is 6.11. The molecule has 0 aliphatic heterocycles. The van der Waals surface area contributed by atoms with Crippen LogP contribution in [-0.4, -0.2) is 15.0 Å². The first kappa shape index (κ1) is 27.8. The minimum Gasteiger partial charge on any atom is -0.436 e. The molecule has 0 N–H and O–H groups in total. The van der Waals surface area contributed by atoms with Gasteiger partial charge in [-0.15, -0.1) is 0 Å². The summed E-state index contributed by atoms with van der Waals surface area (Å²) in [5.41, 5.74) is 12.8. The van der Waals surface area contributed by atoms with Crippen molar-refractivity contribution in [3.05, 3.63) is 145 Å². The van der Waals surface area contributed by atoms with Crippen LogP contribution in [0, 0.1) is 13.8 Å². The molecule has 3 aromatic heterocycles. The predicted octanol–water partition coefficient (Wildman–Crippen LogP) is 11.2. The molecule has 7 nitrogen and oxygen atoms in total. The molecule has 0 radical (unpaired) electrons. The van der Waals surface area contributed by atoms with Crippen molar-refractivity contribution >= 4 is 50.4 Å². The molecule has 0 aliphatic carbocycles. The van der Waals surface area contributed by atoms with Crippen molar-refractivity contribution in [3.8, 4) is 34.4 Å². The van der Waals surface area contributed by atoms with E-state index in [-0.39, 0.29) is 0 Å². The Bertz CT molecular complexity index is 2420. The Kier molecular flexibility index (Phi) is 6.43. The first-order chi connectivity index (χ1) is 23.5. The zero-order chi connectivity index (χ0) is 32.2. The van der Waals surface area contributed by atoms with Crippen molar-refractivity contribution in [2.75, 3.05) is 4.90 Å². The molecule has 7 heteroatoms. The van der Waals surface area contributed by atoms with E-state index >= 15 is 0 Å². The molecule has 0 fully saturated rings. The van der Waals surface area contributed by atoms with Crippen LogP contribution in [0.25, 0.3) is 67.7 Å². The lowest BCUT2D eigenvalue weighted by Gasteiger charge is -2.26. The zero-order valence-corrected chi connectivity index (χ0v) is 26.2. The van der Waals surface area contributed by atoms with Gasteiger partial charge in [0.15, 0.2) is 16.7 Å². The molecule has 0 unspecified atom stereocenters. The number of anilines is 3. The van der Waals surface area contributed by atoms with Gasteiger partial charge in [0.05, 0.1) is 0 Å². The summed E-state index contributed by atoms with van der Waals surface area (Å²) in [5, 5.41) is 0. The van der Waals surface area contributed by atoms with Crippen LogP contribution in [0.4, 0.5) is 17.1 Å². The van der Waals surface area contributed by atoms with Crippen molar-refractivity contribution < 1.29 is 13.3 Å². The molecular weight excluding hydrogens is 596 g/mol. The number of hydrogen-bond donors (Lipinski definition) is 0. The highest BCUT2D eigenvalue weighted by Gasteiger charge is 2.17. The molecule has 0 spiro atoms. The summed E-state index contributed by atoms with van der Waals surface area (Å²) < 4.78 is 18.3. The fraction of sp³-hybridized carbons (Fsp3) is 0.0488. The maximum Gasteiger partial charge on any atom is 0.227 e. The van der Waals surface area contributed by atoms with Crippen LogP contribution in [0.2, 0.25) is 0 Å². The Labute approximate surface area is 275 Å². The van der Waals surface area contributed by atoms with Gasteiger partial charge in [0.2, 0.25) is 17.7 Å². The molecule has 6 aromatic carbocycles. The van der Waals surface area contributed by atoms with E-state index < -0.39 is 0 Å². The van der Waals surface area contributed by atoms with Crippen LogP contribution >= 0.6 is 0 Å². The highest BCUT2D eigenvalue weighted by molar-refractivity contribution is 5.83. The quantitative estimate of drug-likeness (QED) is 0.182. The molecule has 0 saturated carbocycles. The van der Waals surface area contributed by atoms with Gasteiger partial charge < -0.3 is 18.2 Å². The molecule has 230 valence electrons. The zero-order valence-electron chi connectivity index (χ0n) is 26.2. The average Bonchev–Trinajstić information content (AvgIpc) is 3.86. The number of nitrogens with zero attached hydrogens (tertiary/aromatic N) is 4. The molecule has 9 rings (SSSR count). The summed E-state index contributed by atoms with van der Waals surface area (Å²) in [6.45, 7) is 4.09. The number of fused-ring (bicyclic) bond motifs is 3. The summed E-state index contributed by atoms with van der Waals surface area (Å²) in [7, 11) is 0. The smallest absolute Gasteiger partial charge is 0.227 e. The number of benzene rings is 6. The van der Waals surface area contributed by atoms with E-state index in [1.54, 1.807) is 0 Å². The van der Waals surface area contributed by atoms with Crippen molar-refractivity contribution in [1.82, 2.24) is 15.0 Å². The fourth-order valence-electron chi connectivity index (χ4n) is 6.01. The molecule has 0 aliphatic rings. The van der Waals surface area contributed by atoms with Gasteiger partial charge >= 0.3 is 0 Å². The summed E-state index contributed by atoms with van der Waals surface area (Å²) in [6, 6.07) is 44.6. The fourth-order valence-corrected chi connectivity index (χ4v) is 6.01. The maximum absolute atomic E-state index is 6.11. The highest BCUT2D eigenvalue weighted by Crippen LogP contribution is 2.38. The first-order valence-corrected chi connectivity index (χ1v) is 15.8. The lowest BCUT2D eigenvalue weighted by molar-refractivity contribution is 0.619. The Hall–Kier alpha value is -6.47. The van der Waals surface area contributed by atoms with Crippen LogP contribution in [0.3, 0.4) is 0 Å². The number of aryl methyl sites for hydroxylation is 2. The Balaban J connectivity index is 1.09. The van der Waals surface area contributed by atoms with E-state index in [0.717, 1.165) is 78.2 Å². The lowest BCUT2D eigenvalue weighted by Crippen LogP contribution is -2.09. The van der Waals surface area contributed by atoms with E-state index in [2.05, 4.69) is 46.3 Å². The van der Waals surface area contributed by atoms with Gasteiger partial charge in [-0.1, -0.05) is 24.3 Å². The number of aromatic nitrogens is 3. The van der Waals surface area contributed by atoms with Crippen LogP contribution in [0.5, 0.6) is 0 Å². The second-order valence-corrected chi connectivity index (χ2v) is 11.9. The van der Waals surface area contributed by atoms with Crippen molar-refractivity contribution in [2.24, 2.45) is 0 Å². The van der Waals surface area contributed by atoms with E-state index in [0.29, 0.717) is 17.7 Å². The summed E-state index contributed by atoms with van der Waals surface area (Å²) in [6.07, 6.45) is 0. The number of rotatable bonds is 6. The Morgan fingerprint density at radius 2 is 0.771 bits per heavy atom.